The summed E-state index contributed by atoms with van der Waals surface area (Å²) in [7, 11) is 0. The molecular weight excluding hydrogens is 275 g/mol. The number of rotatable bonds is 0. The first-order chi connectivity index (χ1) is 10.9. The Balaban J connectivity index is 1.80. The molecule has 0 fully saturated rings. The Morgan fingerprint density at radius 3 is 1.00 bits per heavy atom. The molecule has 0 bridgehead atoms. The summed E-state index contributed by atoms with van der Waals surface area (Å²) in [4.78, 5) is 0. The summed E-state index contributed by atoms with van der Waals surface area (Å²) in [6.07, 6.45) is 0. The van der Waals surface area contributed by atoms with E-state index in [0.29, 0.717) is 0 Å². The van der Waals surface area contributed by atoms with E-state index in [0.717, 1.165) is 50.9 Å². The molecule has 0 unspecified atom stereocenters. The molecule has 0 N–H and O–H groups in total. The lowest BCUT2D eigenvalue weighted by Crippen LogP contribution is -2.59. The van der Waals surface area contributed by atoms with Crippen LogP contribution in [-0.2, 0) is 0 Å². The van der Waals surface area contributed by atoms with Crippen molar-refractivity contribution in [2.75, 3.05) is 0 Å². The number of benzene rings is 3. The summed E-state index contributed by atoms with van der Waals surface area (Å²) < 4.78 is 18.3. The molecule has 6 rings (SSSR count). The van der Waals surface area contributed by atoms with Gasteiger partial charge in [-0.3, -0.25) is 0 Å². The van der Waals surface area contributed by atoms with Gasteiger partial charge in [0.05, 0.1) is 0 Å². The van der Waals surface area contributed by atoms with E-state index in [1.54, 1.807) is 0 Å². The topological polar surface area (TPSA) is 27.7 Å². The van der Waals surface area contributed by atoms with E-state index in [4.69, 9.17) is 14.2 Å². The molecule has 0 aliphatic carbocycles. The second kappa shape index (κ2) is 3.47. The summed E-state index contributed by atoms with van der Waals surface area (Å²) in [6.45, 7) is 0.125. The van der Waals surface area contributed by atoms with Crippen molar-refractivity contribution in [1.29, 1.82) is 0 Å². The molecule has 3 aromatic rings. The van der Waals surface area contributed by atoms with Gasteiger partial charge in [-0.05, 0) is 36.4 Å². The van der Waals surface area contributed by atoms with Gasteiger partial charge in [0.1, 0.15) is 34.5 Å². The molecule has 3 aromatic carbocycles. The van der Waals surface area contributed by atoms with Crippen LogP contribution in [0.15, 0.2) is 54.6 Å². The fourth-order valence-corrected chi connectivity index (χ4v) is 3.75. The molecular formula is C18H9BO3. The number of hydrogen-bond acceptors (Lipinski definition) is 3. The maximum atomic E-state index is 6.09. The van der Waals surface area contributed by atoms with Crippen molar-refractivity contribution in [1.82, 2.24) is 0 Å². The van der Waals surface area contributed by atoms with Gasteiger partial charge in [-0.2, -0.15) is 0 Å². The third-order valence-electron chi connectivity index (χ3n) is 4.60. The van der Waals surface area contributed by atoms with E-state index >= 15 is 0 Å². The second-order valence-electron chi connectivity index (χ2n) is 5.74. The SMILES string of the molecule is c1cc2c3c(c1)Oc1cccc4c1B3c1c(cccc1O4)O2. The first kappa shape index (κ1) is 10.8. The molecule has 0 atom stereocenters. The zero-order valence-electron chi connectivity index (χ0n) is 11.5. The van der Waals surface area contributed by atoms with Crippen LogP contribution in [0.4, 0.5) is 0 Å². The molecule has 102 valence electrons. The molecule has 3 nitrogen and oxygen atoms in total. The van der Waals surface area contributed by atoms with Crippen LogP contribution in [0.3, 0.4) is 0 Å². The van der Waals surface area contributed by atoms with Crippen LogP contribution in [-0.4, -0.2) is 6.71 Å². The smallest absolute Gasteiger partial charge is 0.270 e. The minimum atomic E-state index is 0.125. The zero-order valence-corrected chi connectivity index (χ0v) is 11.5. The average molecular weight is 284 g/mol. The van der Waals surface area contributed by atoms with Gasteiger partial charge >= 0.3 is 0 Å². The maximum absolute atomic E-state index is 6.09. The van der Waals surface area contributed by atoms with Crippen LogP contribution in [0.1, 0.15) is 0 Å². The first-order valence-electron chi connectivity index (χ1n) is 7.32. The Morgan fingerprint density at radius 2 is 0.727 bits per heavy atom. The third kappa shape index (κ3) is 1.12. The lowest BCUT2D eigenvalue weighted by Gasteiger charge is -2.37. The van der Waals surface area contributed by atoms with Crippen LogP contribution in [0.5, 0.6) is 34.5 Å². The number of ether oxygens (including phenoxy) is 3. The molecule has 22 heavy (non-hydrogen) atoms. The normalized spacial score (nSPS) is 14.5. The largest absolute Gasteiger partial charge is 0.458 e. The van der Waals surface area contributed by atoms with Crippen molar-refractivity contribution in [3.05, 3.63) is 54.6 Å². The van der Waals surface area contributed by atoms with Gasteiger partial charge in [-0.25, -0.2) is 0 Å². The van der Waals surface area contributed by atoms with Crippen molar-refractivity contribution in [2.24, 2.45) is 0 Å². The highest BCUT2D eigenvalue weighted by molar-refractivity contribution is 6.99. The van der Waals surface area contributed by atoms with Crippen molar-refractivity contribution < 1.29 is 14.2 Å². The minimum absolute atomic E-state index is 0.125. The van der Waals surface area contributed by atoms with Gasteiger partial charge in [0.25, 0.3) is 6.71 Å². The fourth-order valence-electron chi connectivity index (χ4n) is 3.75. The van der Waals surface area contributed by atoms with E-state index in [1.165, 1.54) is 0 Å². The van der Waals surface area contributed by atoms with Gasteiger partial charge in [0.15, 0.2) is 0 Å². The molecule has 3 heterocycles. The standard InChI is InChI=1S/C18H9BO3/c1-4-10-16-11(5-1)21-13-7-3-9-15-18(13)19(16)17-12(20-10)6-2-8-14(17)22-15/h1-9H. The maximum Gasteiger partial charge on any atom is 0.270 e. The van der Waals surface area contributed by atoms with E-state index in [2.05, 4.69) is 0 Å². The monoisotopic (exact) mass is 284 g/mol. The quantitative estimate of drug-likeness (QED) is 0.401. The lowest BCUT2D eigenvalue weighted by molar-refractivity contribution is 0.443. The summed E-state index contributed by atoms with van der Waals surface area (Å²) in [5.41, 5.74) is 3.31. The molecule has 0 spiro atoms. The predicted molar refractivity (Wildman–Crippen MR) is 84.2 cm³/mol. The summed E-state index contributed by atoms with van der Waals surface area (Å²) in [5, 5.41) is 0. The predicted octanol–water partition coefficient (Wildman–Crippen LogP) is 2.52. The summed E-state index contributed by atoms with van der Waals surface area (Å²) in [6, 6.07) is 17.9. The molecule has 0 radical (unpaired) electrons. The first-order valence-corrected chi connectivity index (χ1v) is 7.32. The highest BCUT2D eigenvalue weighted by Gasteiger charge is 2.45. The van der Waals surface area contributed by atoms with Gasteiger partial charge in [-0.15, -0.1) is 0 Å². The Kier molecular flexibility index (Phi) is 1.70. The van der Waals surface area contributed by atoms with Gasteiger partial charge in [0, 0.05) is 16.4 Å². The molecule has 3 aliphatic rings. The van der Waals surface area contributed by atoms with Crippen molar-refractivity contribution in [3.8, 4) is 34.5 Å². The molecule has 0 saturated heterocycles. The van der Waals surface area contributed by atoms with Crippen LogP contribution in [0.2, 0.25) is 0 Å². The van der Waals surface area contributed by atoms with Crippen LogP contribution in [0, 0.1) is 0 Å². The van der Waals surface area contributed by atoms with Crippen molar-refractivity contribution in [2.45, 2.75) is 0 Å². The van der Waals surface area contributed by atoms with Crippen molar-refractivity contribution >= 4 is 23.1 Å². The summed E-state index contributed by atoms with van der Waals surface area (Å²) in [5.74, 6) is 5.22. The van der Waals surface area contributed by atoms with Crippen LogP contribution >= 0.6 is 0 Å². The Hall–Kier alpha value is -2.88. The third-order valence-corrected chi connectivity index (χ3v) is 4.60. The van der Waals surface area contributed by atoms with Crippen LogP contribution in [0.25, 0.3) is 0 Å². The zero-order chi connectivity index (χ0) is 14.3. The molecule has 0 saturated carbocycles. The minimum Gasteiger partial charge on any atom is -0.458 e. The van der Waals surface area contributed by atoms with E-state index in [9.17, 15) is 0 Å². The van der Waals surface area contributed by atoms with Crippen molar-refractivity contribution in [3.63, 3.8) is 0 Å². The Morgan fingerprint density at radius 1 is 0.455 bits per heavy atom. The highest BCUT2D eigenvalue weighted by Crippen LogP contribution is 2.40. The molecule has 0 amide bonds. The Bertz CT molecular complexity index is 792. The second-order valence-corrected chi connectivity index (χ2v) is 5.74. The molecule has 3 aliphatic heterocycles. The Labute approximate surface area is 127 Å². The number of hydrogen-bond donors (Lipinski definition) is 0. The highest BCUT2D eigenvalue weighted by atomic mass is 16.5. The molecule has 0 aromatic heterocycles. The van der Waals surface area contributed by atoms with Gasteiger partial charge < -0.3 is 14.2 Å². The van der Waals surface area contributed by atoms with E-state index < -0.39 is 0 Å². The van der Waals surface area contributed by atoms with Gasteiger partial charge in [0.2, 0.25) is 0 Å². The lowest BCUT2D eigenvalue weighted by atomic mass is 9.34. The van der Waals surface area contributed by atoms with Gasteiger partial charge in [-0.1, -0.05) is 18.2 Å². The summed E-state index contributed by atoms with van der Waals surface area (Å²) >= 11 is 0. The van der Waals surface area contributed by atoms with Crippen LogP contribution < -0.4 is 30.6 Å². The average Bonchev–Trinajstić information content (AvgIpc) is 2.55. The van der Waals surface area contributed by atoms with E-state index in [1.807, 2.05) is 54.6 Å². The van der Waals surface area contributed by atoms with E-state index in [-0.39, 0.29) is 6.71 Å². The fraction of sp³-hybridized carbons (Fsp3) is 0. The molecule has 4 heteroatoms.